The zero-order chi connectivity index (χ0) is 16.0. The van der Waals surface area contributed by atoms with Crippen LogP contribution in [0.4, 0.5) is 0 Å². The lowest BCUT2D eigenvalue weighted by molar-refractivity contribution is 0.0703. The minimum atomic E-state index is -3.91. The highest BCUT2D eigenvalue weighted by Gasteiger charge is 2.21. The first-order valence-corrected chi connectivity index (χ1v) is 8.57. The van der Waals surface area contributed by atoms with Gasteiger partial charge in [-0.3, -0.25) is 4.79 Å². The fraction of sp³-hybridized carbons (Fsp3) is 0.462. The molecule has 0 aromatic heterocycles. The summed E-state index contributed by atoms with van der Waals surface area (Å²) in [7, 11) is 4.35. The average Bonchev–Trinajstić information content (AvgIpc) is 2.46. The third-order valence-electron chi connectivity index (χ3n) is 2.92. The van der Waals surface area contributed by atoms with Crippen molar-refractivity contribution in [2.75, 3.05) is 33.9 Å². The van der Waals surface area contributed by atoms with Crippen LogP contribution >= 0.6 is 10.7 Å². The predicted octanol–water partition coefficient (Wildman–Crippen LogP) is 1.73. The minimum Gasteiger partial charge on any atom is -0.496 e. The lowest BCUT2D eigenvalue weighted by atomic mass is 10.1. The van der Waals surface area contributed by atoms with Crippen molar-refractivity contribution in [2.24, 2.45) is 0 Å². The van der Waals surface area contributed by atoms with Gasteiger partial charge in [0.2, 0.25) is 0 Å². The number of carbonyl (C=O) groups excluding carboxylic acids is 1. The second-order valence-corrected chi connectivity index (χ2v) is 6.74. The first-order valence-electron chi connectivity index (χ1n) is 6.26. The summed E-state index contributed by atoms with van der Waals surface area (Å²) in [4.78, 5) is 13.9. The summed E-state index contributed by atoms with van der Waals surface area (Å²) < 4.78 is 32.9. The van der Waals surface area contributed by atoms with Crippen LogP contribution in [0, 0.1) is 0 Å². The first-order chi connectivity index (χ1) is 9.85. The van der Waals surface area contributed by atoms with Gasteiger partial charge in [0.25, 0.3) is 15.0 Å². The van der Waals surface area contributed by atoms with E-state index in [0.717, 1.165) is 0 Å². The maximum atomic E-state index is 12.5. The van der Waals surface area contributed by atoms with E-state index in [-0.39, 0.29) is 16.4 Å². The summed E-state index contributed by atoms with van der Waals surface area (Å²) in [6.07, 6.45) is 0. The van der Waals surface area contributed by atoms with Gasteiger partial charge < -0.3 is 14.4 Å². The van der Waals surface area contributed by atoms with Crippen LogP contribution in [-0.2, 0) is 13.8 Å². The summed E-state index contributed by atoms with van der Waals surface area (Å²) in [5.41, 5.74) is 0.150. The number of rotatable bonds is 7. The summed E-state index contributed by atoms with van der Waals surface area (Å²) in [6, 6.07) is 3.93. The number of ether oxygens (including phenoxy) is 2. The Balaban J connectivity index is 3.22. The van der Waals surface area contributed by atoms with Gasteiger partial charge in [-0.25, -0.2) is 8.42 Å². The SMILES string of the molecule is CCN(CCOC)C(=O)c1cc(S(=O)(=O)Cl)ccc1OC. The molecular weight excluding hydrogens is 318 g/mol. The van der Waals surface area contributed by atoms with E-state index in [9.17, 15) is 13.2 Å². The van der Waals surface area contributed by atoms with Crippen molar-refractivity contribution in [3.63, 3.8) is 0 Å². The van der Waals surface area contributed by atoms with Gasteiger partial charge >= 0.3 is 0 Å². The van der Waals surface area contributed by atoms with Gasteiger partial charge in [0.15, 0.2) is 0 Å². The van der Waals surface area contributed by atoms with Crippen LogP contribution in [-0.4, -0.2) is 53.1 Å². The van der Waals surface area contributed by atoms with Crippen molar-refractivity contribution in [3.05, 3.63) is 23.8 Å². The molecule has 21 heavy (non-hydrogen) atoms. The predicted molar refractivity (Wildman–Crippen MR) is 79.5 cm³/mol. The van der Waals surface area contributed by atoms with E-state index in [4.69, 9.17) is 20.2 Å². The lowest BCUT2D eigenvalue weighted by Crippen LogP contribution is -2.34. The Kier molecular flexibility index (Phi) is 6.44. The van der Waals surface area contributed by atoms with Crippen molar-refractivity contribution in [3.8, 4) is 5.75 Å². The van der Waals surface area contributed by atoms with Crippen LogP contribution in [0.15, 0.2) is 23.1 Å². The van der Waals surface area contributed by atoms with E-state index in [1.54, 1.807) is 7.11 Å². The second kappa shape index (κ2) is 7.63. The van der Waals surface area contributed by atoms with Gasteiger partial charge in [0.05, 0.1) is 24.2 Å². The molecule has 1 aromatic carbocycles. The van der Waals surface area contributed by atoms with Gasteiger partial charge in [-0.2, -0.15) is 0 Å². The fourth-order valence-electron chi connectivity index (χ4n) is 1.78. The molecule has 6 nitrogen and oxygen atoms in total. The summed E-state index contributed by atoms with van der Waals surface area (Å²) in [5.74, 6) is -0.0477. The van der Waals surface area contributed by atoms with E-state index in [1.165, 1.54) is 30.2 Å². The Labute approximate surface area is 129 Å². The molecule has 0 radical (unpaired) electrons. The number of benzene rings is 1. The van der Waals surface area contributed by atoms with Gasteiger partial charge in [-0.1, -0.05) is 0 Å². The quantitative estimate of drug-likeness (QED) is 0.709. The van der Waals surface area contributed by atoms with E-state index in [2.05, 4.69) is 0 Å². The Hall–Kier alpha value is -1.31. The molecular formula is C13H18ClNO5S. The topological polar surface area (TPSA) is 72.9 Å². The van der Waals surface area contributed by atoms with E-state index >= 15 is 0 Å². The first kappa shape index (κ1) is 17.7. The van der Waals surface area contributed by atoms with Crippen molar-refractivity contribution in [1.29, 1.82) is 0 Å². The van der Waals surface area contributed by atoms with Crippen LogP contribution < -0.4 is 4.74 Å². The maximum Gasteiger partial charge on any atom is 0.261 e. The minimum absolute atomic E-state index is 0.142. The zero-order valence-electron chi connectivity index (χ0n) is 12.1. The Morgan fingerprint density at radius 3 is 2.48 bits per heavy atom. The lowest BCUT2D eigenvalue weighted by Gasteiger charge is -2.21. The largest absolute Gasteiger partial charge is 0.496 e. The molecule has 1 aromatic rings. The number of carbonyl (C=O) groups is 1. The standard InChI is InChI=1S/C13H18ClNO5S/c1-4-15(7-8-19-2)13(16)11-9-10(21(14,17)18)5-6-12(11)20-3/h5-6,9H,4,7-8H2,1-3H3. The van der Waals surface area contributed by atoms with E-state index in [1.807, 2.05) is 6.92 Å². The van der Waals surface area contributed by atoms with Crippen molar-refractivity contribution < 1.29 is 22.7 Å². The van der Waals surface area contributed by atoms with E-state index < -0.39 is 9.05 Å². The van der Waals surface area contributed by atoms with Gasteiger partial charge in [-0.05, 0) is 25.1 Å². The monoisotopic (exact) mass is 335 g/mol. The third-order valence-corrected chi connectivity index (χ3v) is 4.27. The van der Waals surface area contributed by atoms with Crippen LogP contribution in [0.5, 0.6) is 5.75 Å². The van der Waals surface area contributed by atoms with Crippen molar-refractivity contribution in [2.45, 2.75) is 11.8 Å². The molecule has 0 bridgehead atoms. The highest BCUT2D eigenvalue weighted by Crippen LogP contribution is 2.25. The number of likely N-dealkylation sites (N-methyl/N-ethyl adjacent to an activating group) is 1. The Morgan fingerprint density at radius 1 is 1.33 bits per heavy atom. The highest BCUT2D eigenvalue weighted by atomic mass is 35.7. The number of halogens is 1. The molecule has 118 valence electrons. The molecule has 1 amide bonds. The summed E-state index contributed by atoms with van der Waals surface area (Å²) in [5, 5.41) is 0. The molecule has 8 heteroatoms. The molecule has 1 rings (SSSR count). The Bertz CT molecular complexity index is 603. The van der Waals surface area contributed by atoms with Crippen LogP contribution in [0.3, 0.4) is 0 Å². The Morgan fingerprint density at radius 2 is 2.00 bits per heavy atom. The van der Waals surface area contributed by atoms with E-state index in [0.29, 0.717) is 25.4 Å². The van der Waals surface area contributed by atoms with Gasteiger partial charge in [0.1, 0.15) is 5.75 Å². The van der Waals surface area contributed by atoms with Gasteiger partial charge in [-0.15, -0.1) is 0 Å². The van der Waals surface area contributed by atoms with Crippen molar-refractivity contribution in [1.82, 2.24) is 4.90 Å². The fourth-order valence-corrected chi connectivity index (χ4v) is 2.56. The summed E-state index contributed by atoms with van der Waals surface area (Å²) >= 11 is 0. The molecule has 0 spiro atoms. The number of methoxy groups -OCH3 is 2. The third kappa shape index (κ3) is 4.59. The van der Waals surface area contributed by atoms with Crippen molar-refractivity contribution >= 4 is 25.6 Å². The molecule has 0 atom stereocenters. The smallest absolute Gasteiger partial charge is 0.261 e. The highest BCUT2D eigenvalue weighted by molar-refractivity contribution is 8.13. The molecule has 0 fully saturated rings. The summed E-state index contributed by atoms with van der Waals surface area (Å²) in [6.45, 7) is 3.06. The maximum absolute atomic E-state index is 12.5. The van der Waals surface area contributed by atoms with Crippen LogP contribution in [0.2, 0.25) is 0 Å². The second-order valence-electron chi connectivity index (χ2n) is 4.18. The van der Waals surface area contributed by atoms with Crippen LogP contribution in [0.1, 0.15) is 17.3 Å². The molecule has 0 unspecified atom stereocenters. The van der Waals surface area contributed by atoms with Gasteiger partial charge in [0, 0.05) is 30.9 Å². The molecule has 0 heterocycles. The number of nitrogens with zero attached hydrogens (tertiary/aromatic N) is 1. The molecule has 0 N–H and O–H groups in total. The number of hydrogen-bond acceptors (Lipinski definition) is 5. The zero-order valence-corrected chi connectivity index (χ0v) is 13.7. The molecule has 0 saturated heterocycles. The normalized spacial score (nSPS) is 11.2. The molecule has 0 aliphatic carbocycles. The number of hydrogen-bond donors (Lipinski definition) is 0. The average molecular weight is 336 g/mol. The van der Waals surface area contributed by atoms with Crippen LogP contribution in [0.25, 0.3) is 0 Å². The molecule has 0 aliphatic heterocycles. The number of amides is 1. The molecule has 0 saturated carbocycles. The molecule has 0 aliphatic rings.